The number of benzene rings is 1. The van der Waals surface area contributed by atoms with Crippen molar-refractivity contribution in [3.63, 3.8) is 0 Å². The van der Waals surface area contributed by atoms with Gasteiger partial charge in [-0.15, -0.1) is 0 Å². The lowest BCUT2D eigenvalue weighted by Crippen LogP contribution is -2.12. The van der Waals surface area contributed by atoms with E-state index in [2.05, 4.69) is 6.07 Å². The lowest BCUT2D eigenvalue weighted by atomic mass is 9.83. The molecule has 0 radical (unpaired) electrons. The number of ketones is 1. The van der Waals surface area contributed by atoms with Crippen LogP contribution in [0.2, 0.25) is 5.02 Å². The third kappa shape index (κ3) is 3.01. The fourth-order valence-electron chi connectivity index (χ4n) is 2.32. The van der Waals surface area contributed by atoms with Crippen LogP contribution >= 0.6 is 11.6 Å². The average Bonchev–Trinajstić information content (AvgIpc) is 2.33. The first-order chi connectivity index (χ1) is 8.20. The zero-order chi connectivity index (χ0) is 12.3. The third-order valence-corrected chi connectivity index (χ3v) is 3.57. The first kappa shape index (κ1) is 12.4. The Morgan fingerprint density at radius 1 is 1.35 bits per heavy atom. The van der Waals surface area contributed by atoms with Gasteiger partial charge in [0.05, 0.1) is 11.6 Å². The van der Waals surface area contributed by atoms with Crippen molar-refractivity contribution in [1.82, 2.24) is 0 Å². The van der Waals surface area contributed by atoms with Gasteiger partial charge in [0.2, 0.25) is 0 Å². The quantitative estimate of drug-likeness (QED) is 0.814. The second-order valence-electron chi connectivity index (χ2n) is 4.44. The van der Waals surface area contributed by atoms with Crippen molar-refractivity contribution in [2.24, 2.45) is 0 Å². The number of Topliss-reactive ketones (excluding diaryl/α,β-unsaturated/α-hetero) is 1. The minimum absolute atomic E-state index is 0.387. The molecule has 1 aromatic rings. The van der Waals surface area contributed by atoms with Crippen LogP contribution in [0.5, 0.6) is 5.75 Å². The molecule has 0 heterocycles. The van der Waals surface area contributed by atoms with Crippen LogP contribution in [-0.4, -0.2) is 12.4 Å². The Labute approximate surface area is 107 Å². The lowest BCUT2D eigenvalue weighted by molar-refractivity contribution is -0.120. The molecule has 0 atom stereocenters. The summed E-state index contributed by atoms with van der Waals surface area (Å²) in [5, 5.41) is 0.668. The molecule has 1 aliphatic rings. The molecule has 92 valence electrons. The summed E-state index contributed by atoms with van der Waals surface area (Å²) < 4.78 is 5.41. The molecule has 0 unspecified atom stereocenters. The zero-order valence-electron chi connectivity index (χ0n) is 10.0. The predicted octanol–water partition coefficient (Wildman–Crippen LogP) is 3.97. The largest absolute Gasteiger partial charge is 0.492 e. The molecule has 0 aliphatic heterocycles. The number of hydrogen-bond donors (Lipinski definition) is 0. The standard InChI is InChI=1S/C14H17ClO2/c1-2-17-14-8-5-11(9-13(14)15)10-3-6-12(16)7-4-10/h5,8-10H,2-4,6-7H2,1H3. The van der Waals surface area contributed by atoms with Gasteiger partial charge in [-0.25, -0.2) is 0 Å². The van der Waals surface area contributed by atoms with Crippen molar-refractivity contribution in [3.05, 3.63) is 28.8 Å². The fraction of sp³-hybridized carbons (Fsp3) is 0.500. The van der Waals surface area contributed by atoms with Crippen LogP contribution in [-0.2, 0) is 4.79 Å². The smallest absolute Gasteiger partial charge is 0.137 e. The zero-order valence-corrected chi connectivity index (χ0v) is 10.8. The van der Waals surface area contributed by atoms with Crippen molar-refractivity contribution in [2.45, 2.75) is 38.5 Å². The molecule has 0 saturated heterocycles. The molecule has 3 heteroatoms. The average molecular weight is 253 g/mol. The van der Waals surface area contributed by atoms with Crippen LogP contribution in [0.3, 0.4) is 0 Å². The lowest BCUT2D eigenvalue weighted by Gasteiger charge is -2.21. The van der Waals surface area contributed by atoms with Gasteiger partial charge in [-0.3, -0.25) is 4.79 Å². The Morgan fingerprint density at radius 3 is 2.65 bits per heavy atom. The summed E-state index contributed by atoms with van der Waals surface area (Å²) >= 11 is 6.16. The summed E-state index contributed by atoms with van der Waals surface area (Å²) in [6.07, 6.45) is 3.30. The van der Waals surface area contributed by atoms with E-state index in [9.17, 15) is 4.79 Å². The summed E-state index contributed by atoms with van der Waals surface area (Å²) in [5.41, 5.74) is 1.23. The summed E-state index contributed by atoms with van der Waals surface area (Å²) in [4.78, 5) is 11.2. The van der Waals surface area contributed by atoms with E-state index in [1.165, 1.54) is 5.56 Å². The van der Waals surface area contributed by atoms with Crippen molar-refractivity contribution in [1.29, 1.82) is 0 Å². The Balaban J connectivity index is 2.11. The molecule has 0 bridgehead atoms. The Hall–Kier alpha value is -1.02. The maximum atomic E-state index is 11.2. The molecule has 2 nitrogen and oxygen atoms in total. The van der Waals surface area contributed by atoms with Crippen LogP contribution < -0.4 is 4.74 Å². The highest BCUT2D eigenvalue weighted by Gasteiger charge is 2.20. The van der Waals surface area contributed by atoms with Gasteiger partial charge in [0.25, 0.3) is 0 Å². The minimum Gasteiger partial charge on any atom is -0.492 e. The molecule has 0 spiro atoms. The van der Waals surface area contributed by atoms with Crippen molar-refractivity contribution in [2.75, 3.05) is 6.61 Å². The Bertz CT molecular complexity index is 405. The predicted molar refractivity (Wildman–Crippen MR) is 68.8 cm³/mol. The first-order valence-electron chi connectivity index (χ1n) is 6.14. The molecule has 0 amide bonds. The van der Waals surface area contributed by atoms with Gasteiger partial charge < -0.3 is 4.74 Å². The summed E-state index contributed by atoms with van der Waals surface area (Å²) in [5.74, 6) is 1.60. The van der Waals surface area contributed by atoms with Crippen LogP contribution in [0.25, 0.3) is 0 Å². The van der Waals surface area contributed by atoms with E-state index in [0.29, 0.717) is 36.2 Å². The molecule has 0 N–H and O–H groups in total. The maximum absolute atomic E-state index is 11.2. The number of ether oxygens (including phenoxy) is 1. The first-order valence-corrected chi connectivity index (χ1v) is 6.52. The molecule has 17 heavy (non-hydrogen) atoms. The Kier molecular flexibility index (Phi) is 4.06. The number of carbonyl (C=O) groups is 1. The van der Waals surface area contributed by atoms with Gasteiger partial charge >= 0.3 is 0 Å². The van der Waals surface area contributed by atoms with Gasteiger partial charge in [-0.2, -0.15) is 0 Å². The van der Waals surface area contributed by atoms with E-state index >= 15 is 0 Å². The monoisotopic (exact) mass is 252 g/mol. The van der Waals surface area contributed by atoms with Gasteiger partial charge in [0.15, 0.2) is 0 Å². The van der Waals surface area contributed by atoms with Crippen molar-refractivity contribution in [3.8, 4) is 5.75 Å². The normalized spacial score (nSPS) is 17.2. The molecule has 0 aromatic heterocycles. The van der Waals surface area contributed by atoms with Crippen LogP contribution in [0.15, 0.2) is 18.2 Å². The van der Waals surface area contributed by atoms with E-state index in [4.69, 9.17) is 16.3 Å². The van der Waals surface area contributed by atoms with Gasteiger partial charge in [0, 0.05) is 12.8 Å². The molecule has 1 aliphatic carbocycles. The maximum Gasteiger partial charge on any atom is 0.137 e. The van der Waals surface area contributed by atoms with Gasteiger partial charge in [-0.1, -0.05) is 17.7 Å². The highest BCUT2D eigenvalue weighted by molar-refractivity contribution is 6.32. The number of carbonyl (C=O) groups excluding carboxylic acids is 1. The second kappa shape index (κ2) is 5.54. The highest BCUT2D eigenvalue weighted by Crippen LogP contribution is 2.35. The van der Waals surface area contributed by atoms with Crippen molar-refractivity contribution >= 4 is 17.4 Å². The molecule has 1 fully saturated rings. The molecular weight excluding hydrogens is 236 g/mol. The topological polar surface area (TPSA) is 26.3 Å². The molecular formula is C14H17ClO2. The summed E-state index contributed by atoms with van der Waals surface area (Å²) in [6, 6.07) is 5.97. The van der Waals surface area contributed by atoms with Crippen molar-refractivity contribution < 1.29 is 9.53 Å². The van der Waals surface area contributed by atoms with E-state index in [1.54, 1.807) is 0 Å². The number of hydrogen-bond acceptors (Lipinski definition) is 2. The minimum atomic E-state index is 0.387. The number of halogens is 1. The number of rotatable bonds is 3. The van der Waals surface area contributed by atoms with E-state index < -0.39 is 0 Å². The second-order valence-corrected chi connectivity index (χ2v) is 4.84. The van der Waals surface area contributed by atoms with Crippen LogP contribution in [0.1, 0.15) is 44.1 Å². The van der Waals surface area contributed by atoms with Gasteiger partial charge in [-0.05, 0) is 43.4 Å². The van der Waals surface area contributed by atoms with E-state index in [0.717, 1.165) is 18.6 Å². The summed E-state index contributed by atoms with van der Waals surface area (Å²) in [7, 11) is 0. The Morgan fingerprint density at radius 2 is 2.06 bits per heavy atom. The summed E-state index contributed by atoms with van der Waals surface area (Å²) in [6.45, 7) is 2.56. The van der Waals surface area contributed by atoms with E-state index in [1.807, 2.05) is 19.1 Å². The fourth-order valence-corrected chi connectivity index (χ4v) is 2.56. The molecule has 1 saturated carbocycles. The SMILES string of the molecule is CCOc1ccc(C2CCC(=O)CC2)cc1Cl. The van der Waals surface area contributed by atoms with Gasteiger partial charge in [0.1, 0.15) is 11.5 Å². The molecule has 1 aromatic carbocycles. The van der Waals surface area contributed by atoms with Crippen LogP contribution in [0.4, 0.5) is 0 Å². The van der Waals surface area contributed by atoms with Crippen LogP contribution in [0, 0.1) is 0 Å². The third-order valence-electron chi connectivity index (χ3n) is 3.27. The van der Waals surface area contributed by atoms with E-state index in [-0.39, 0.29) is 0 Å². The molecule has 2 rings (SSSR count). The highest BCUT2D eigenvalue weighted by atomic mass is 35.5.